The molecule has 5 atom stereocenters. The maximum Gasteiger partial charge on any atom is 0.221 e. The van der Waals surface area contributed by atoms with Gasteiger partial charge in [0, 0.05) is 14.2 Å². The maximum absolute atomic E-state index is 11.3. The highest BCUT2D eigenvalue weighted by Gasteiger charge is 2.58. The lowest BCUT2D eigenvalue weighted by atomic mass is 9.99. The van der Waals surface area contributed by atoms with Crippen LogP contribution in [0.4, 0.5) is 0 Å². The first-order valence-corrected chi connectivity index (χ1v) is 6.73. The molecule has 0 radical (unpaired) electrons. The summed E-state index contributed by atoms with van der Waals surface area (Å²) in [5, 5.41) is 21.5. The Bertz CT molecular complexity index is 397. The van der Waals surface area contributed by atoms with Gasteiger partial charge < -0.3 is 29.3 Å². The van der Waals surface area contributed by atoms with Crippen molar-refractivity contribution in [3.63, 3.8) is 0 Å². The molecule has 1 rings (SSSR count). The molecular weight excluding hydrogens is 278 g/mol. The van der Waals surface area contributed by atoms with Gasteiger partial charge in [0.1, 0.15) is 13.2 Å². The van der Waals surface area contributed by atoms with Gasteiger partial charge in [0.05, 0.1) is 6.10 Å². The Balaban J connectivity index is 3.16. The van der Waals surface area contributed by atoms with Crippen molar-refractivity contribution in [2.45, 2.75) is 50.2 Å². The van der Waals surface area contributed by atoms with Crippen LogP contribution in [0, 0.1) is 5.21 Å². The van der Waals surface area contributed by atoms with E-state index in [1.807, 2.05) is 0 Å². The van der Waals surface area contributed by atoms with Crippen LogP contribution < -0.4 is 0 Å². The van der Waals surface area contributed by atoms with E-state index in [4.69, 9.17) is 18.9 Å². The number of methoxy groups -OCH3 is 2. The second-order valence-corrected chi connectivity index (χ2v) is 5.25. The predicted octanol–water partition coefficient (Wildman–Crippen LogP) is 0.643. The zero-order valence-corrected chi connectivity index (χ0v) is 13.2. The van der Waals surface area contributed by atoms with Crippen molar-refractivity contribution in [3.8, 4) is 0 Å². The smallest absolute Gasteiger partial charge is 0.221 e. The molecule has 7 heteroatoms. The fourth-order valence-electron chi connectivity index (χ4n) is 2.26. The molecule has 0 spiro atoms. The number of nitrogens with zero attached hydrogens (tertiary/aromatic N) is 1. The minimum absolute atomic E-state index is 0.296. The topological polar surface area (TPSA) is 83.2 Å². The molecule has 122 valence electrons. The molecule has 21 heavy (non-hydrogen) atoms. The minimum Gasteiger partial charge on any atom is -0.624 e. The third-order valence-electron chi connectivity index (χ3n) is 3.79. The van der Waals surface area contributed by atoms with E-state index < -0.39 is 29.9 Å². The maximum atomic E-state index is 11.3. The highest BCUT2D eigenvalue weighted by molar-refractivity contribution is 5.59. The first-order valence-electron chi connectivity index (χ1n) is 6.73. The van der Waals surface area contributed by atoms with Crippen molar-refractivity contribution in [2.75, 3.05) is 21.3 Å². The molecule has 1 N–H and O–H groups in total. The largest absolute Gasteiger partial charge is 0.624 e. The van der Waals surface area contributed by atoms with Crippen LogP contribution in [0.5, 0.6) is 0 Å². The van der Waals surface area contributed by atoms with Gasteiger partial charge in [-0.15, -0.1) is 6.58 Å². The summed E-state index contributed by atoms with van der Waals surface area (Å²) in [5.41, 5.74) is 0. The monoisotopic (exact) mass is 303 g/mol. The number of rotatable bonds is 6. The normalized spacial score (nSPS) is 39.0. The van der Waals surface area contributed by atoms with Crippen molar-refractivity contribution in [3.05, 3.63) is 17.9 Å². The van der Waals surface area contributed by atoms with Crippen LogP contribution in [-0.4, -0.2) is 67.2 Å². The Morgan fingerprint density at radius 1 is 1.33 bits per heavy atom. The average Bonchev–Trinajstić information content (AvgIpc) is 2.42. The summed E-state index contributed by atoms with van der Waals surface area (Å²) in [6.07, 6.45) is 0.691. The number of aliphatic hydroxyl groups is 1. The molecule has 1 aliphatic rings. The highest BCUT2D eigenvalue weighted by Crippen LogP contribution is 2.39. The summed E-state index contributed by atoms with van der Waals surface area (Å²) < 4.78 is 23.1. The van der Waals surface area contributed by atoms with Crippen LogP contribution in [0.1, 0.15) is 20.3 Å². The number of hydrogen-bond donors (Lipinski definition) is 1. The predicted molar refractivity (Wildman–Crippen MR) is 77.0 cm³/mol. The SMILES string of the molecule is C=CC[C@@H](O)[C@H]1O[C@](C)(OC)[C@@](C)(OC)O[C@@H]1/C=[N+](/C)[O-]. The van der Waals surface area contributed by atoms with Crippen LogP contribution in [0.2, 0.25) is 0 Å². The van der Waals surface area contributed by atoms with Crippen LogP contribution in [0.25, 0.3) is 0 Å². The molecule has 0 aromatic rings. The second-order valence-electron chi connectivity index (χ2n) is 5.25. The molecular formula is C14H25NO6. The van der Waals surface area contributed by atoms with Gasteiger partial charge in [0.25, 0.3) is 0 Å². The molecule has 1 fully saturated rings. The quantitative estimate of drug-likeness (QED) is 0.255. The third-order valence-corrected chi connectivity index (χ3v) is 3.79. The van der Waals surface area contributed by atoms with Gasteiger partial charge in [0.2, 0.25) is 11.6 Å². The van der Waals surface area contributed by atoms with E-state index in [2.05, 4.69) is 6.58 Å². The van der Waals surface area contributed by atoms with Crippen molar-refractivity contribution in [2.24, 2.45) is 0 Å². The molecule has 1 heterocycles. The summed E-state index contributed by atoms with van der Waals surface area (Å²) in [6, 6.07) is 0. The zero-order valence-electron chi connectivity index (χ0n) is 13.2. The van der Waals surface area contributed by atoms with Crippen molar-refractivity contribution >= 4 is 6.21 Å². The molecule has 0 saturated carbocycles. The van der Waals surface area contributed by atoms with E-state index in [-0.39, 0.29) is 0 Å². The van der Waals surface area contributed by atoms with E-state index >= 15 is 0 Å². The summed E-state index contributed by atoms with van der Waals surface area (Å²) >= 11 is 0. The molecule has 1 saturated heterocycles. The van der Waals surface area contributed by atoms with Gasteiger partial charge in [-0.1, -0.05) is 6.08 Å². The zero-order chi connectivity index (χ0) is 16.3. The van der Waals surface area contributed by atoms with Gasteiger partial charge in [-0.3, -0.25) is 0 Å². The van der Waals surface area contributed by atoms with Gasteiger partial charge in [-0.2, -0.15) is 0 Å². The van der Waals surface area contributed by atoms with E-state index in [1.54, 1.807) is 19.9 Å². The summed E-state index contributed by atoms with van der Waals surface area (Å²) in [6.45, 7) is 6.89. The standard InChI is InChI=1S/C14H25NO6/c1-7-8-10(16)12-11(9-15(4)17)20-13(2,18-5)14(3,19-6)21-12/h7,9-12,16H,1,8H2,2-6H3/b15-9-/t10-,11-,12-,13+,14+/m1/s1. The lowest BCUT2D eigenvalue weighted by molar-refractivity contribution is -0.459. The summed E-state index contributed by atoms with van der Waals surface area (Å²) in [7, 11) is 4.25. The Kier molecular flexibility index (Phi) is 5.89. The number of hydroxylamine groups is 1. The molecule has 0 unspecified atom stereocenters. The van der Waals surface area contributed by atoms with Gasteiger partial charge in [0.15, 0.2) is 12.3 Å². The van der Waals surface area contributed by atoms with Gasteiger partial charge in [-0.05, 0) is 20.3 Å². The highest BCUT2D eigenvalue weighted by atomic mass is 16.8. The molecule has 0 aliphatic carbocycles. The van der Waals surface area contributed by atoms with Gasteiger partial charge >= 0.3 is 0 Å². The van der Waals surface area contributed by atoms with Crippen LogP contribution in [0.15, 0.2) is 12.7 Å². The summed E-state index contributed by atoms with van der Waals surface area (Å²) in [4.78, 5) is 0. The molecule has 0 bridgehead atoms. The molecule has 1 aliphatic heterocycles. The number of ether oxygens (including phenoxy) is 4. The van der Waals surface area contributed by atoms with E-state index in [1.165, 1.54) is 27.5 Å². The molecule has 0 aromatic carbocycles. The second kappa shape index (κ2) is 6.85. The van der Waals surface area contributed by atoms with Crippen LogP contribution in [0.3, 0.4) is 0 Å². The van der Waals surface area contributed by atoms with Crippen LogP contribution >= 0.6 is 0 Å². The first-order chi connectivity index (χ1) is 9.73. The fraction of sp³-hybridized carbons (Fsp3) is 0.786. The Hall–Kier alpha value is -0.990. The van der Waals surface area contributed by atoms with E-state index in [0.717, 1.165) is 0 Å². The Labute approximate surface area is 125 Å². The van der Waals surface area contributed by atoms with Crippen LogP contribution in [-0.2, 0) is 18.9 Å². The van der Waals surface area contributed by atoms with E-state index in [0.29, 0.717) is 11.2 Å². The van der Waals surface area contributed by atoms with Crippen molar-refractivity contribution in [1.82, 2.24) is 0 Å². The lowest BCUT2D eigenvalue weighted by Gasteiger charge is -2.51. The fourth-order valence-corrected chi connectivity index (χ4v) is 2.26. The van der Waals surface area contributed by atoms with Crippen molar-refractivity contribution in [1.29, 1.82) is 0 Å². The molecule has 7 nitrogen and oxygen atoms in total. The van der Waals surface area contributed by atoms with E-state index in [9.17, 15) is 10.3 Å². The minimum atomic E-state index is -1.24. The Morgan fingerprint density at radius 3 is 2.29 bits per heavy atom. The van der Waals surface area contributed by atoms with Gasteiger partial charge in [-0.25, -0.2) is 4.74 Å². The molecule has 0 amide bonds. The Morgan fingerprint density at radius 2 is 1.86 bits per heavy atom. The first kappa shape index (κ1) is 18.1. The lowest BCUT2D eigenvalue weighted by Crippen LogP contribution is -2.67. The average molecular weight is 303 g/mol. The number of aliphatic hydroxyl groups excluding tert-OH is 1. The van der Waals surface area contributed by atoms with Crippen molar-refractivity contribution < 1.29 is 28.8 Å². The summed E-state index contributed by atoms with van der Waals surface area (Å²) in [5.74, 6) is -2.47. The molecule has 0 aromatic heterocycles. The number of hydrogen-bond acceptors (Lipinski definition) is 6. The third kappa shape index (κ3) is 3.61.